The van der Waals surface area contributed by atoms with Gasteiger partial charge in [0, 0.05) is 12.1 Å². The number of hydrogen-bond acceptors (Lipinski definition) is 2. The lowest BCUT2D eigenvalue weighted by Crippen LogP contribution is -2.29. The first kappa shape index (κ1) is 15.2. The summed E-state index contributed by atoms with van der Waals surface area (Å²) in [4.78, 5) is 11.1. The third-order valence-corrected chi connectivity index (χ3v) is 2.42. The molecule has 0 saturated carbocycles. The maximum Gasteiger partial charge on any atom is 0.416 e. The van der Waals surface area contributed by atoms with Gasteiger partial charge in [0.1, 0.15) is 4.99 Å². The van der Waals surface area contributed by atoms with Crippen LogP contribution in [0.25, 0.3) is 0 Å². The van der Waals surface area contributed by atoms with Crippen molar-refractivity contribution in [3.05, 3.63) is 29.3 Å². The molecule has 0 bridgehead atoms. The molecule has 1 aromatic carbocycles. The fraction of sp³-hybridized carbons (Fsp3) is 0.273. The minimum absolute atomic E-state index is 0.0314. The molecule has 1 aromatic rings. The maximum absolute atomic E-state index is 12.6. The molecule has 0 unspecified atom stereocenters. The van der Waals surface area contributed by atoms with Gasteiger partial charge in [-0.25, -0.2) is 4.79 Å². The van der Waals surface area contributed by atoms with Gasteiger partial charge in [0.05, 0.1) is 11.3 Å². The molecule has 0 aliphatic heterocycles. The van der Waals surface area contributed by atoms with Crippen molar-refractivity contribution in [3.8, 4) is 0 Å². The van der Waals surface area contributed by atoms with Crippen LogP contribution in [0.15, 0.2) is 18.2 Å². The topological polar surface area (TPSA) is 67.2 Å². The van der Waals surface area contributed by atoms with E-state index in [1.807, 2.05) is 0 Å². The van der Waals surface area contributed by atoms with Crippen molar-refractivity contribution >= 4 is 28.9 Å². The molecule has 4 nitrogen and oxygen atoms in total. The molecule has 0 fully saturated rings. The van der Waals surface area contributed by atoms with Crippen LogP contribution in [0.4, 0.5) is 23.7 Å². The van der Waals surface area contributed by atoms with E-state index in [4.69, 9.17) is 5.73 Å². The Kier molecular flexibility index (Phi) is 4.71. The van der Waals surface area contributed by atoms with Gasteiger partial charge in [0.15, 0.2) is 0 Å². The van der Waals surface area contributed by atoms with E-state index in [0.717, 1.165) is 18.2 Å². The number of benzene rings is 1. The number of carbonyl (C=O) groups is 1. The molecule has 4 N–H and O–H groups in total. The molecule has 0 atom stereocenters. The standard InChI is InChI=1S/C11H12F3N3OS/c1-2-16-10(18)17-8-4-3-6(11(12,13)14)5-7(8)9(15)19/h3-5H,2H2,1H3,(H2,15,19)(H2,16,17,18). The van der Waals surface area contributed by atoms with Gasteiger partial charge in [0.2, 0.25) is 0 Å². The van der Waals surface area contributed by atoms with Crippen molar-refractivity contribution in [3.63, 3.8) is 0 Å². The number of nitrogens with one attached hydrogen (secondary N) is 2. The average Bonchev–Trinajstić information content (AvgIpc) is 2.27. The second kappa shape index (κ2) is 5.87. The Morgan fingerprint density at radius 3 is 2.53 bits per heavy atom. The number of halogens is 3. The number of amides is 2. The predicted molar refractivity (Wildman–Crippen MR) is 70.0 cm³/mol. The average molecular weight is 291 g/mol. The van der Waals surface area contributed by atoms with Crippen molar-refractivity contribution in [2.24, 2.45) is 5.73 Å². The van der Waals surface area contributed by atoms with Crippen molar-refractivity contribution in [2.45, 2.75) is 13.1 Å². The minimum Gasteiger partial charge on any atom is -0.389 e. The van der Waals surface area contributed by atoms with Gasteiger partial charge in [-0.3, -0.25) is 0 Å². The zero-order chi connectivity index (χ0) is 14.6. The summed E-state index contributed by atoms with van der Waals surface area (Å²) in [6.07, 6.45) is -4.50. The number of thiocarbonyl (C=S) groups is 1. The number of alkyl halides is 3. The number of urea groups is 1. The second-order valence-electron chi connectivity index (χ2n) is 3.61. The van der Waals surface area contributed by atoms with Crippen LogP contribution < -0.4 is 16.4 Å². The van der Waals surface area contributed by atoms with E-state index in [9.17, 15) is 18.0 Å². The third-order valence-electron chi connectivity index (χ3n) is 2.20. The Hall–Kier alpha value is -1.83. The van der Waals surface area contributed by atoms with Gasteiger partial charge in [-0.2, -0.15) is 13.2 Å². The molecule has 19 heavy (non-hydrogen) atoms. The van der Waals surface area contributed by atoms with Crippen LogP contribution in [-0.2, 0) is 6.18 Å². The van der Waals surface area contributed by atoms with E-state index in [0.29, 0.717) is 6.54 Å². The molecular formula is C11H12F3N3OS. The number of rotatable bonds is 3. The summed E-state index contributed by atoms with van der Waals surface area (Å²) in [5, 5.41) is 4.84. The highest BCUT2D eigenvalue weighted by Crippen LogP contribution is 2.31. The van der Waals surface area contributed by atoms with Gasteiger partial charge in [-0.1, -0.05) is 12.2 Å². The van der Waals surface area contributed by atoms with Crippen molar-refractivity contribution in [2.75, 3.05) is 11.9 Å². The van der Waals surface area contributed by atoms with E-state index < -0.39 is 17.8 Å². The zero-order valence-corrected chi connectivity index (χ0v) is 10.8. The van der Waals surface area contributed by atoms with Crippen LogP contribution in [0.1, 0.15) is 18.1 Å². The zero-order valence-electron chi connectivity index (χ0n) is 9.97. The molecule has 2 amide bonds. The van der Waals surface area contributed by atoms with Crippen LogP contribution in [0, 0.1) is 0 Å². The lowest BCUT2D eigenvalue weighted by Gasteiger charge is -2.13. The van der Waals surface area contributed by atoms with Gasteiger partial charge < -0.3 is 16.4 Å². The first-order valence-corrected chi connectivity index (χ1v) is 5.72. The normalized spacial score (nSPS) is 10.9. The molecule has 1 rings (SSSR count). The SMILES string of the molecule is CCNC(=O)Nc1ccc(C(F)(F)F)cc1C(N)=S. The molecular weight excluding hydrogens is 279 g/mol. The van der Waals surface area contributed by atoms with Crippen molar-refractivity contribution in [1.82, 2.24) is 5.32 Å². The molecule has 0 aliphatic carbocycles. The molecule has 0 saturated heterocycles. The largest absolute Gasteiger partial charge is 0.416 e. The summed E-state index contributed by atoms with van der Waals surface area (Å²) in [7, 11) is 0. The summed E-state index contributed by atoms with van der Waals surface area (Å²) < 4.78 is 37.7. The summed E-state index contributed by atoms with van der Waals surface area (Å²) >= 11 is 4.69. The van der Waals surface area contributed by atoms with E-state index in [1.54, 1.807) is 6.92 Å². The number of carbonyl (C=O) groups excluding carboxylic acids is 1. The first-order valence-electron chi connectivity index (χ1n) is 5.31. The van der Waals surface area contributed by atoms with Gasteiger partial charge in [-0.15, -0.1) is 0 Å². The Bertz CT molecular complexity index is 502. The highest BCUT2D eigenvalue weighted by atomic mass is 32.1. The molecule has 0 heterocycles. The highest BCUT2D eigenvalue weighted by molar-refractivity contribution is 7.80. The highest BCUT2D eigenvalue weighted by Gasteiger charge is 2.31. The molecule has 104 valence electrons. The number of anilines is 1. The number of nitrogens with two attached hydrogens (primary N) is 1. The van der Waals surface area contributed by atoms with Crippen molar-refractivity contribution < 1.29 is 18.0 Å². The predicted octanol–water partition coefficient (Wildman–Crippen LogP) is 2.48. The minimum atomic E-state index is -4.50. The summed E-state index contributed by atoms with van der Waals surface area (Å²) in [5.74, 6) is 0. The molecule has 0 spiro atoms. The van der Waals surface area contributed by atoms with Crippen LogP contribution in [0.5, 0.6) is 0 Å². The van der Waals surface area contributed by atoms with Gasteiger partial charge in [0.25, 0.3) is 0 Å². The Morgan fingerprint density at radius 1 is 1.42 bits per heavy atom. The Balaban J connectivity index is 3.12. The Labute approximate surface area is 113 Å². The number of hydrogen-bond donors (Lipinski definition) is 3. The smallest absolute Gasteiger partial charge is 0.389 e. The monoisotopic (exact) mass is 291 g/mol. The molecule has 0 aromatic heterocycles. The Morgan fingerprint density at radius 2 is 2.05 bits per heavy atom. The molecule has 8 heteroatoms. The van der Waals surface area contributed by atoms with Crippen LogP contribution in [0.2, 0.25) is 0 Å². The van der Waals surface area contributed by atoms with Crippen molar-refractivity contribution in [1.29, 1.82) is 0 Å². The maximum atomic E-state index is 12.6. The van der Waals surface area contributed by atoms with Crippen LogP contribution in [0.3, 0.4) is 0 Å². The molecule has 0 radical (unpaired) electrons. The quantitative estimate of drug-likeness (QED) is 0.749. The van der Waals surface area contributed by atoms with E-state index in [2.05, 4.69) is 22.9 Å². The third kappa shape index (κ3) is 4.09. The second-order valence-corrected chi connectivity index (χ2v) is 4.05. The fourth-order valence-electron chi connectivity index (χ4n) is 1.36. The van der Waals surface area contributed by atoms with Gasteiger partial charge in [-0.05, 0) is 25.1 Å². The van der Waals surface area contributed by atoms with Gasteiger partial charge >= 0.3 is 12.2 Å². The summed E-state index contributed by atoms with van der Waals surface area (Å²) in [6.45, 7) is 2.09. The summed E-state index contributed by atoms with van der Waals surface area (Å²) in [5.41, 5.74) is 4.59. The van der Waals surface area contributed by atoms with E-state index in [1.165, 1.54) is 0 Å². The van der Waals surface area contributed by atoms with E-state index >= 15 is 0 Å². The molecule has 0 aliphatic rings. The lowest BCUT2D eigenvalue weighted by molar-refractivity contribution is -0.137. The summed E-state index contributed by atoms with van der Waals surface area (Å²) in [6, 6.07) is 2.24. The van der Waals surface area contributed by atoms with E-state index in [-0.39, 0.29) is 16.2 Å². The van der Waals surface area contributed by atoms with Crippen LogP contribution >= 0.6 is 12.2 Å². The fourth-order valence-corrected chi connectivity index (χ4v) is 1.53. The van der Waals surface area contributed by atoms with Crippen LogP contribution in [-0.4, -0.2) is 17.6 Å². The first-order chi connectivity index (χ1) is 8.75. The lowest BCUT2D eigenvalue weighted by atomic mass is 10.1.